The molecule has 1 amide bonds. The van der Waals surface area contributed by atoms with Crippen LogP contribution in [0.1, 0.15) is 35.6 Å². The minimum atomic E-state index is -3.55. The van der Waals surface area contributed by atoms with E-state index in [0.717, 1.165) is 5.75 Å². The zero-order valence-corrected chi connectivity index (χ0v) is 17.8. The highest BCUT2D eigenvalue weighted by Crippen LogP contribution is 2.19. The molecule has 3 rings (SSSR count). The van der Waals surface area contributed by atoms with Gasteiger partial charge in [0.1, 0.15) is 0 Å². The number of thioether (sulfide) groups is 1. The second-order valence-electron chi connectivity index (χ2n) is 6.32. The first-order valence-corrected chi connectivity index (χ1v) is 12.0. The van der Waals surface area contributed by atoms with E-state index in [1.165, 1.54) is 24.3 Å². The van der Waals surface area contributed by atoms with Crippen LogP contribution in [0.2, 0.25) is 0 Å². The number of sulfonamides is 1. The average molecular weight is 434 g/mol. The van der Waals surface area contributed by atoms with Crippen molar-refractivity contribution in [1.29, 1.82) is 0 Å². The molecular formula is C19H23N5O3S2. The zero-order chi connectivity index (χ0) is 20.9. The lowest BCUT2D eigenvalue weighted by Gasteiger charge is -2.17. The van der Waals surface area contributed by atoms with Crippen molar-refractivity contribution < 1.29 is 13.2 Å². The van der Waals surface area contributed by atoms with E-state index in [2.05, 4.69) is 20.2 Å². The third-order valence-electron chi connectivity index (χ3n) is 4.33. The molecular weight excluding hydrogens is 410 g/mol. The Morgan fingerprint density at radius 3 is 2.62 bits per heavy atom. The molecule has 3 aromatic rings. The summed E-state index contributed by atoms with van der Waals surface area (Å²) >= 11 is 1.68. The fourth-order valence-electron chi connectivity index (χ4n) is 2.90. The number of fused-ring (bicyclic) bond motifs is 1. The first-order valence-electron chi connectivity index (χ1n) is 9.15. The molecule has 1 unspecified atom stereocenters. The molecule has 0 saturated carbocycles. The van der Waals surface area contributed by atoms with E-state index in [1.807, 2.05) is 35.1 Å². The van der Waals surface area contributed by atoms with Crippen molar-refractivity contribution in [1.82, 2.24) is 24.6 Å². The Bertz CT molecular complexity index is 1080. The first-order chi connectivity index (χ1) is 14.0. The number of nitrogens with one attached hydrogen (secondary N) is 2. The summed E-state index contributed by atoms with van der Waals surface area (Å²) in [5, 5.41) is 11.4. The molecule has 10 heteroatoms. The van der Waals surface area contributed by atoms with Crippen molar-refractivity contribution in [2.75, 3.05) is 18.6 Å². The molecule has 2 N–H and O–H groups in total. The van der Waals surface area contributed by atoms with Crippen LogP contribution in [0.5, 0.6) is 0 Å². The van der Waals surface area contributed by atoms with Gasteiger partial charge in [-0.3, -0.25) is 9.20 Å². The molecule has 1 atom stereocenters. The topological polar surface area (TPSA) is 105 Å². The van der Waals surface area contributed by atoms with Gasteiger partial charge in [0.25, 0.3) is 5.91 Å². The van der Waals surface area contributed by atoms with Crippen molar-refractivity contribution in [3.05, 3.63) is 60.0 Å². The fourth-order valence-corrected chi connectivity index (χ4v) is 4.41. The second kappa shape index (κ2) is 9.38. The predicted molar refractivity (Wildman–Crippen MR) is 113 cm³/mol. The minimum Gasteiger partial charge on any atom is -0.342 e. The summed E-state index contributed by atoms with van der Waals surface area (Å²) in [5.74, 6) is 1.21. The van der Waals surface area contributed by atoms with Gasteiger partial charge in [0.05, 0.1) is 10.9 Å². The monoisotopic (exact) mass is 433 g/mol. The molecule has 0 radical (unpaired) electrons. The van der Waals surface area contributed by atoms with Crippen molar-refractivity contribution in [3.63, 3.8) is 0 Å². The number of carbonyl (C=O) groups is 1. The molecule has 154 valence electrons. The standard InChI is InChI=1S/C19H23N5O3S2/c1-3-20-29(26,27)15-9-7-14(8-10-15)19(25)21-16(11-13-28-2)18-23-22-17-6-4-5-12-24(17)18/h4-10,12,16,20H,3,11,13H2,1-2H3,(H,21,25). The lowest BCUT2D eigenvalue weighted by Crippen LogP contribution is -2.30. The van der Waals surface area contributed by atoms with E-state index >= 15 is 0 Å². The van der Waals surface area contributed by atoms with Gasteiger partial charge in [0.15, 0.2) is 11.5 Å². The maximum Gasteiger partial charge on any atom is 0.251 e. The van der Waals surface area contributed by atoms with Gasteiger partial charge in [-0.2, -0.15) is 11.8 Å². The highest BCUT2D eigenvalue weighted by atomic mass is 32.2. The van der Waals surface area contributed by atoms with Crippen LogP contribution < -0.4 is 10.0 Å². The number of benzene rings is 1. The van der Waals surface area contributed by atoms with E-state index in [0.29, 0.717) is 30.0 Å². The number of hydrogen-bond donors (Lipinski definition) is 2. The van der Waals surface area contributed by atoms with Crippen molar-refractivity contribution in [3.8, 4) is 0 Å². The van der Waals surface area contributed by atoms with Crippen LogP contribution in [0.25, 0.3) is 5.65 Å². The Morgan fingerprint density at radius 1 is 1.17 bits per heavy atom. The van der Waals surface area contributed by atoms with Crippen LogP contribution in [0, 0.1) is 0 Å². The van der Waals surface area contributed by atoms with Crippen molar-refractivity contribution >= 4 is 33.3 Å². The Balaban J connectivity index is 1.82. The fraction of sp³-hybridized carbons (Fsp3) is 0.316. The molecule has 2 heterocycles. The number of pyridine rings is 1. The van der Waals surface area contributed by atoms with Crippen LogP contribution >= 0.6 is 11.8 Å². The predicted octanol–water partition coefficient (Wildman–Crippen LogP) is 2.25. The molecule has 0 bridgehead atoms. The molecule has 1 aromatic carbocycles. The first kappa shape index (κ1) is 21.3. The number of hydrogen-bond acceptors (Lipinski definition) is 6. The molecule has 29 heavy (non-hydrogen) atoms. The van der Waals surface area contributed by atoms with E-state index in [1.54, 1.807) is 18.7 Å². The van der Waals surface area contributed by atoms with E-state index in [4.69, 9.17) is 0 Å². The highest BCUT2D eigenvalue weighted by molar-refractivity contribution is 7.98. The van der Waals surface area contributed by atoms with Crippen LogP contribution in [0.3, 0.4) is 0 Å². The summed E-state index contributed by atoms with van der Waals surface area (Å²) in [6, 6.07) is 11.2. The third kappa shape index (κ3) is 4.95. The molecule has 2 aromatic heterocycles. The summed E-state index contributed by atoms with van der Waals surface area (Å²) < 4.78 is 28.4. The normalized spacial score (nSPS) is 12.8. The van der Waals surface area contributed by atoms with Crippen molar-refractivity contribution in [2.24, 2.45) is 0 Å². The van der Waals surface area contributed by atoms with Crippen LogP contribution in [0.4, 0.5) is 0 Å². The zero-order valence-electron chi connectivity index (χ0n) is 16.2. The largest absolute Gasteiger partial charge is 0.342 e. The van der Waals surface area contributed by atoms with Gasteiger partial charge in [0.2, 0.25) is 10.0 Å². The van der Waals surface area contributed by atoms with E-state index in [9.17, 15) is 13.2 Å². The van der Waals surface area contributed by atoms with E-state index < -0.39 is 10.0 Å². The van der Waals surface area contributed by atoms with Crippen LogP contribution in [-0.2, 0) is 10.0 Å². The molecule has 0 aliphatic heterocycles. The number of rotatable bonds is 9. The Kier molecular flexibility index (Phi) is 6.88. The van der Waals surface area contributed by atoms with Crippen LogP contribution in [-0.4, -0.2) is 47.5 Å². The van der Waals surface area contributed by atoms with Gasteiger partial charge >= 0.3 is 0 Å². The summed E-state index contributed by atoms with van der Waals surface area (Å²) in [5.41, 5.74) is 1.09. The Hall–Kier alpha value is -2.43. The molecule has 0 aliphatic rings. The Labute approximate surface area is 174 Å². The van der Waals surface area contributed by atoms with E-state index in [-0.39, 0.29) is 16.8 Å². The summed E-state index contributed by atoms with van der Waals surface area (Å²) in [6.07, 6.45) is 4.56. The quantitative estimate of drug-likeness (QED) is 0.536. The lowest BCUT2D eigenvalue weighted by molar-refractivity contribution is 0.0933. The third-order valence-corrected chi connectivity index (χ3v) is 6.53. The minimum absolute atomic E-state index is 0.123. The maximum atomic E-state index is 12.8. The molecule has 0 fully saturated rings. The number of aromatic nitrogens is 3. The summed E-state index contributed by atoms with van der Waals surface area (Å²) in [7, 11) is -3.55. The smallest absolute Gasteiger partial charge is 0.251 e. The number of nitrogens with zero attached hydrogens (tertiary/aromatic N) is 3. The summed E-state index contributed by atoms with van der Waals surface area (Å²) in [6.45, 7) is 2.01. The lowest BCUT2D eigenvalue weighted by atomic mass is 10.1. The number of amides is 1. The second-order valence-corrected chi connectivity index (χ2v) is 9.07. The van der Waals surface area contributed by atoms with Gasteiger partial charge in [0, 0.05) is 18.3 Å². The maximum absolute atomic E-state index is 12.8. The SMILES string of the molecule is CCNS(=O)(=O)c1ccc(C(=O)NC(CCSC)c2nnc3ccccn23)cc1. The molecule has 0 spiro atoms. The van der Waals surface area contributed by atoms with Gasteiger partial charge < -0.3 is 5.32 Å². The van der Waals surface area contributed by atoms with Gasteiger partial charge in [-0.1, -0.05) is 13.0 Å². The van der Waals surface area contributed by atoms with Crippen molar-refractivity contribution in [2.45, 2.75) is 24.3 Å². The Morgan fingerprint density at radius 2 is 1.93 bits per heavy atom. The summed E-state index contributed by atoms with van der Waals surface area (Å²) in [4.78, 5) is 12.9. The number of carbonyl (C=O) groups excluding carboxylic acids is 1. The van der Waals surface area contributed by atoms with Gasteiger partial charge in [-0.05, 0) is 54.8 Å². The molecule has 0 aliphatic carbocycles. The van der Waals surface area contributed by atoms with Gasteiger partial charge in [-0.25, -0.2) is 13.1 Å². The molecule has 0 saturated heterocycles. The average Bonchev–Trinajstić information content (AvgIpc) is 3.15. The van der Waals surface area contributed by atoms with Gasteiger partial charge in [-0.15, -0.1) is 10.2 Å². The highest BCUT2D eigenvalue weighted by Gasteiger charge is 2.21. The van der Waals surface area contributed by atoms with Crippen LogP contribution in [0.15, 0.2) is 53.6 Å². The molecule has 8 nitrogen and oxygen atoms in total.